The topological polar surface area (TPSA) is 98.8 Å². The molecule has 0 spiro atoms. The predicted octanol–water partition coefficient (Wildman–Crippen LogP) is 2.68. The highest BCUT2D eigenvalue weighted by atomic mass is 16.5. The number of hydrogen-bond donors (Lipinski definition) is 2. The first-order valence-electron chi connectivity index (χ1n) is 6.33. The van der Waals surface area contributed by atoms with Crippen LogP contribution in [0.25, 0.3) is 0 Å². The number of carbonyl (C=O) groups is 2. The smallest absolute Gasteiger partial charge is 0.300 e. The molecule has 3 N–H and O–H groups in total. The van der Waals surface area contributed by atoms with Crippen LogP contribution < -0.4 is 15.2 Å². The average molecular weight is 303 g/mol. The molecule has 2 rings (SSSR count). The standard InChI is InChI=1S/C14H13NO3.C2H4O2/c1-17-12-3-2-4-13(9-12)18-11-7-5-10(6-8-11)14(15)16;1-2(3)4/h2-9H,1H3,(H2,15,16);1H3,(H,3,4). The van der Waals surface area contributed by atoms with Gasteiger partial charge in [-0.25, -0.2) is 0 Å². The van der Waals surface area contributed by atoms with Crippen molar-refractivity contribution in [1.82, 2.24) is 0 Å². The number of rotatable bonds is 4. The van der Waals surface area contributed by atoms with Crippen LogP contribution in [0.4, 0.5) is 0 Å². The van der Waals surface area contributed by atoms with Crippen molar-refractivity contribution in [2.75, 3.05) is 7.11 Å². The fraction of sp³-hybridized carbons (Fsp3) is 0.125. The van der Waals surface area contributed by atoms with E-state index in [1.165, 1.54) is 0 Å². The highest BCUT2D eigenvalue weighted by Crippen LogP contribution is 2.25. The second-order valence-corrected chi connectivity index (χ2v) is 4.19. The van der Waals surface area contributed by atoms with Crippen LogP contribution in [0.2, 0.25) is 0 Å². The molecule has 6 nitrogen and oxygen atoms in total. The molecular weight excluding hydrogens is 286 g/mol. The number of carboxylic acids is 1. The summed E-state index contributed by atoms with van der Waals surface area (Å²) >= 11 is 0. The number of ether oxygens (including phenoxy) is 2. The van der Waals surface area contributed by atoms with Crippen molar-refractivity contribution in [3.05, 3.63) is 54.1 Å². The van der Waals surface area contributed by atoms with Crippen molar-refractivity contribution in [1.29, 1.82) is 0 Å². The maximum atomic E-state index is 10.9. The average Bonchev–Trinajstić information content (AvgIpc) is 2.47. The third-order valence-electron chi connectivity index (χ3n) is 2.42. The molecule has 0 heterocycles. The second-order valence-electron chi connectivity index (χ2n) is 4.19. The van der Waals surface area contributed by atoms with Crippen molar-refractivity contribution >= 4 is 11.9 Å². The van der Waals surface area contributed by atoms with E-state index in [1.54, 1.807) is 37.4 Å². The third kappa shape index (κ3) is 5.96. The van der Waals surface area contributed by atoms with Gasteiger partial charge in [-0.3, -0.25) is 9.59 Å². The summed E-state index contributed by atoms with van der Waals surface area (Å²) in [5.74, 6) is 0.735. The molecule has 0 fully saturated rings. The Hall–Kier alpha value is -3.02. The molecule has 0 bridgehead atoms. The van der Waals surface area contributed by atoms with Gasteiger partial charge in [0.2, 0.25) is 5.91 Å². The van der Waals surface area contributed by atoms with Crippen LogP contribution in [-0.2, 0) is 4.79 Å². The number of nitrogens with two attached hydrogens (primary N) is 1. The number of hydrogen-bond acceptors (Lipinski definition) is 4. The van der Waals surface area contributed by atoms with Gasteiger partial charge < -0.3 is 20.3 Å². The normalized spacial score (nSPS) is 9.18. The van der Waals surface area contributed by atoms with Crippen LogP contribution in [0, 0.1) is 0 Å². The minimum absolute atomic E-state index is 0.452. The van der Waals surface area contributed by atoms with Crippen molar-refractivity contribution in [3.63, 3.8) is 0 Å². The molecule has 0 saturated carbocycles. The van der Waals surface area contributed by atoms with Crippen molar-refractivity contribution < 1.29 is 24.2 Å². The van der Waals surface area contributed by atoms with E-state index in [0.717, 1.165) is 12.7 Å². The van der Waals surface area contributed by atoms with E-state index in [2.05, 4.69) is 0 Å². The third-order valence-corrected chi connectivity index (χ3v) is 2.42. The number of benzene rings is 2. The summed E-state index contributed by atoms with van der Waals surface area (Å²) in [7, 11) is 1.60. The van der Waals surface area contributed by atoms with Crippen molar-refractivity contribution in [2.24, 2.45) is 5.73 Å². The summed E-state index contributed by atoms with van der Waals surface area (Å²) in [6, 6.07) is 13.9. The Balaban J connectivity index is 0.000000541. The second kappa shape index (κ2) is 8.31. The first-order valence-corrected chi connectivity index (χ1v) is 6.33. The lowest BCUT2D eigenvalue weighted by molar-refractivity contribution is -0.134. The van der Waals surface area contributed by atoms with Gasteiger partial charge in [-0.1, -0.05) is 6.07 Å². The number of methoxy groups -OCH3 is 1. The van der Waals surface area contributed by atoms with Crippen molar-refractivity contribution in [2.45, 2.75) is 6.92 Å². The van der Waals surface area contributed by atoms with Gasteiger partial charge >= 0.3 is 0 Å². The molecule has 0 unspecified atom stereocenters. The molecule has 0 saturated heterocycles. The molecule has 22 heavy (non-hydrogen) atoms. The lowest BCUT2D eigenvalue weighted by Gasteiger charge is -2.07. The zero-order valence-corrected chi connectivity index (χ0v) is 12.3. The lowest BCUT2D eigenvalue weighted by atomic mass is 10.2. The first-order chi connectivity index (χ1) is 10.4. The van der Waals surface area contributed by atoms with E-state index in [9.17, 15) is 4.79 Å². The molecule has 0 aliphatic rings. The summed E-state index contributed by atoms with van der Waals surface area (Å²) in [6.45, 7) is 1.08. The Morgan fingerprint density at radius 1 is 1.00 bits per heavy atom. The van der Waals surface area contributed by atoms with E-state index in [1.807, 2.05) is 18.2 Å². The lowest BCUT2D eigenvalue weighted by Crippen LogP contribution is -2.10. The van der Waals surface area contributed by atoms with E-state index in [-0.39, 0.29) is 0 Å². The van der Waals surface area contributed by atoms with Gasteiger partial charge in [0.25, 0.3) is 5.97 Å². The van der Waals surface area contributed by atoms with E-state index in [0.29, 0.717) is 17.1 Å². The van der Waals surface area contributed by atoms with Crippen LogP contribution in [0.5, 0.6) is 17.2 Å². The molecule has 2 aromatic rings. The number of carboxylic acid groups (broad SMARTS) is 1. The minimum atomic E-state index is -0.833. The fourth-order valence-corrected chi connectivity index (χ4v) is 1.49. The van der Waals surface area contributed by atoms with Crippen LogP contribution in [0.3, 0.4) is 0 Å². The van der Waals surface area contributed by atoms with Gasteiger partial charge in [0.05, 0.1) is 7.11 Å². The summed E-state index contributed by atoms with van der Waals surface area (Å²) in [5, 5.41) is 7.42. The van der Waals surface area contributed by atoms with Gasteiger partial charge in [0.15, 0.2) is 0 Å². The Kier molecular flexibility index (Phi) is 6.43. The van der Waals surface area contributed by atoms with E-state index in [4.69, 9.17) is 25.1 Å². The van der Waals surface area contributed by atoms with E-state index < -0.39 is 11.9 Å². The van der Waals surface area contributed by atoms with Crippen LogP contribution >= 0.6 is 0 Å². The summed E-state index contributed by atoms with van der Waals surface area (Å²) in [5.41, 5.74) is 5.61. The zero-order valence-electron chi connectivity index (χ0n) is 12.3. The molecule has 0 atom stereocenters. The van der Waals surface area contributed by atoms with Gasteiger partial charge in [-0.15, -0.1) is 0 Å². The Morgan fingerprint density at radius 3 is 2.05 bits per heavy atom. The molecule has 6 heteroatoms. The van der Waals surface area contributed by atoms with Gasteiger partial charge in [0.1, 0.15) is 17.2 Å². The fourth-order valence-electron chi connectivity index (χ4n) is 1.49. The Labute approximate surface area is 128 Å². The minimum Gasteiger partial charge on any atom is -0.497 e. The number of aliphatic carboxylic acids is 1. The largest absolute Gasteiger partial charge is 0.497 e. The summed E-state index contributed by atoms with van der Waals surface area (Å²) < 4.78 is 10.7. The van der Waals surface area contributed by atoms with Gasteiger partial charge in [-0.2, -0.15) is 0 Å². The summed E-state index contributed by atoms with van der Waals surface area (Å²) in [6.07, 6.45) is 0. The number of carbonyl (C=O) groups excluding carboxylic acids is 1. The molecule has 0 aliphatic carbocycles. The molecule has 116 valence electrons. The van der Waals surface area contributed by atoms with Gasteiger partial charge in [-0.05, 0) is 36.4 Å². The van der Waals surface area contributed by atoms with Crippen LogP contribution in [0.1, 0.15) is 17.3 Å². The highest BCUT2D eigenvalue weighted by Gasteiger charge is 2.02. The highest BCUT2D eigenvalue weighted by molar-refractivity contribution is 5.92. The molecule has 2 aromatic carbocycles. The molecular formula is C16H17NO5. The Bertz CT molecular complexity index is 633. The number of amides is 1. The first kappa shape index (κ1) is 17.0. The maximum Gasteiger partial charge on any atom is 0.300 e. The molecule has 0 aromatic heterocycles. The number of primary amides is 1. The SMILES string of the molecule is CC(=O)O.COc1cccc(Oc2ccc(C(N)=O)cc2)c1. The van der Waals surface area contributed by atoms with Crippen LogP contribution in [-0.4, -0.2) is 24.1 Å². The maximum absolute atomic E-state index is 10.9. The Morgan fingerprint density at radius 2 is 1.55 bits per heavy atom. The van der Waals surface area contributed by atoms with Gasteiger partial charge in [0, 0.05) is 18.6 Å². The molecule has 1 amide bonds. The van der Waals surface area contributed by atoms with E-state index >= 15 is 0 Å². The van der Waals surface area contributed by atoms with Crippen LogP contribution in [0.15, 0.2) is 48.5 Å². The quantitative estimate of drug-likeness (QED) is 0.904. The van der Waals surface area contributed by atoms with Crippen molar-refractivity contribution in [3.8, 4) is 17.2 Å². The molecule has 0 aliphatic heterocycles. The predicted molar refractivity (Wildman–Crippen MR) is 81.3 cm³/mol. The monoisotopic (exact) mass is 303 g/mol. The summed E-state index contributed by atoms with van der Waals surface area (Å²) in [4.78, 5) is 19.9. The molecule has 0 radical (unpaired) electrons. The zero-order chi connectivity index (χ0) is 16.5.